The van der Waals surface area contributed by atoms with Gasteiger partial charge in [0.1, 0.15) is 5.84 Å². The Balaban J connectivity index is 1.89. The van der Waals surface area contributed by atoms with Gasteiger partial charge < -0.3 is 10.0 Å². The summed E-state index contributed by atoms with van der Waals surface area (Å²) < 4.78 is 0. The van der Waals surface area contributed by atoms with Crippen molar-refractivity contribution in [1.29, 1.82) is 0 Å². The van der Waals surface area contributed by atoms with Crippen LogP contribution in [-0.2, 0) is 0 Å². The third kappa shape index (κ3) is 1.74. The van der Waals surface area contributed by atoms with Crippen molar-refractivity contribution in [3.05, 3.63) is 59.7 Å². The van der Waals surface area contributed by atoms with Crippen LogP contribution >= 0.6 is 0 Å². The van der Waals surface area contributed by atoms with Gasteiger partial charge in [0.2, 0.25) is 5.78 Å². The molecule has 2 aromatic carbocycles. The van der Waals surface area contributed by atoms with Gasteiger partial charge in [-0.1, -0.05) is 24.3 Å². The highest BCUT2D eigenvalue weighted by atomic mass is 16.3. The molecule has 4 heteroatoms. The summed E-state index contributed by atoms with van der Waals surface area (Å²) in [5.74, 6) is 0.202. The molecule has 4 nitrogen and oxygen atoms in total. The number of aliphatic imine (C=N–C) groups is 1. The van der Waals surface area contributed by atoms with Gasteiger partial charge in [-0.15, -0.1) is 0 Å². The Morgan fingerprint density at radius 2 is 1.95 bits per heavy atom. The van der Waals surface area contributed by atoms with E-state index in [-0.39, 0.29) is 5.78 Å². The zero-order valence-electron chi connectivity index (χ0n) is 12.3. The minimum atomic E-state index is -1.50. The SMILES string of the molecule is Cc1ccc2c(c1)N=C1N(c3ccccc3)CCC1(O)C2=O. The molecule has 2 aliphatic rings. The lowest BCUT2D eigenvalue weighted by Gasteiger charge is -2.29. The molecule has 2 aromatic rings. The Kier molecular flexibility index (Phi) is 2.71. The molecular weight excluding hydrogens is 276 g/mol. The van der Waals surface area contributed by atoms with Gasteiger partial charge in [0.15, 0.2) is 5.60 Å². The molecule has 0 aromatic heterocycles. The van der Waals surface area contributed by atoms with E-state index in [1.165, 1.54) is 0 Å². The molecule has 110 valence electrons. The van der Waals surface area contributed by atoms with Crippen LogP contribution in [0.25, 0.3) is 0 Å². The quantitative estimate of drug-likeness (QED) is 0.879. The van der Waals surface area contributed by atoms with E-state index in [1.54, 1.807) is 6.07 Å². The lowest BCUT2D eigenvalue weighted by Crippen LogP contribution is -2.48. The molecular formula is C18H16N2O2. The number of aryl methyl sites for hydroxylation is 1. The zero-order chi connectivity index (χ0) is 15.3. The fourth-order valence-corrected chi connectivity index (χ4v) is 3.20. The number of carbonyl (C=O) groups excluding carboxylic acids is 1. The van der Waals surface area contributed by atoms with Crippen LogP contribution in [0.15, 0.2) is 53.5 Å². The minimum absolute atomic E-state index is 0.245. The molecule has 0 radical (unpaired) electrons. The Bertz CT molecular complexity index is 798. The molecule has 0 amide bonds. The van der Waals surface area contributed by atoms with Crippen molar-refractivity contribution in [3.63, 3.8) is 0 Å². The average molecular weight is 292 g/mol. The van der Waals surface area contributed by atoms with E-state index < -0.39 is 5.60 Å². The van der Waals surface area contributed by atoms with Crippen molar-refractivity contribution in [1.82, 2.24) is 0 Å². The van der Waals surface area contributed by atoms with Gasteiger partial charge in [-0.3, -0.25) is 4.79 Å². The molecule has 0 spiro atoms. The maximum Gasteiger partial charge on any atom is 0.204 e. The van der Waals surface area contributed by atoms with E-state index >= 15 is 0 Å². The molecule has 0 aliphatic carbocycles. The third-order valence-corrected chi connectivity index (χ3v) is 4.39. The summed E-state index contributed by atoms with van der Waals surface area (Å²) in [6, 6.07) is 15.3. The van der Waals surface area contributed by atoms with Crippen LogP contribution in [0.4, 0.5) is 11.4 Å². The van der Waals surface area contributed by atoms with Crippen LogP contribution in [0, 0.1) is 6.92 Å². The van der Waals surface area contributed by atoms with Crippen LogP contribution in [0.2, 0.25) is 0 Å². The van der Waals surface area contributed by atoms with Crippen LogP contribution < -0.4 is 4.90 Å². The maximum absolute atomic E-state index is 12.8. The molecule has 2 aliphatic heterocycles. The van der Waals surface area contributed by atoms with Gasteiger partial charge in [0.25, 0.3) is 0 Å². The summed E-state index contributed by atoms with van der Waals surface area (Å²) in [5, 5.41) is 10.9. The summed E-state index contributed by atoms with van der Waals surface area (Å²) in [6.45, 7) is 2.55. The number of aliphatic hydroxyl groups is 1. The predicted octanol–water partition coefficient (Wildman–Crippen LogP) is 2.86. The monoisotopic (exact) mass is 292 g/mol. The average Bonchev–Trinajstić information content (AvgIpc) is 2.87. The number of carbonyl (C=O) groups is 1. The first-order valence-corrected chi connectivity index (χ1v) is 7.39. The van der Waals surface area contributed by atoms with Crippen molar-refractivity contribution in [3.8, 4) is 0 Å². The van der Waals surface area contributed by atoms with E-state index in [4.69, 9.17) is 0 Å². The maximum atomic E-state index is 12.8. The van der Waals surface area contributed by atoms with Crippen molar-refractivity contribution < 1.29 is 9.90 Å². The van der Waals surface area contributed by atoms with E-state index in [2.05, 4.69) is 4.99 Å². The van der Waals surface area contributed by atoms with Crippen LogP contribution in [0.1, 0.15) is 22.3 Å². The number of ketones is 1. The number of para-hydroxylation sites is 1. The lowest BCUT2D eigenvalue weighted by molar-refractivity contribution is 0.0602. The molecule has 1 fully saturated rings. The highest BCUT2D eigenvalue weighted by Gasteiger charge is 2.52. The topological polar surface area (TPSA) is 52.9 Å². The van der Waals surface area contributed by atoms with Crippen molar-refractivity contribution >= 4 is 23.0 Å². The number of hydrogen-bond acceptors (Lipinski definition) is 4. The first kappa shape index (κ1) is 13.2. The molecule has 1 unspecified atom stereocenters. The van der Waals surface area contributed by atoms with Crippen LogP contribution in [0.3, 0.4) is 0 Å². The molecule has 4 rings (SSSR count). The summed E-state index contributed by atoms with van der Waals surface area (Å²) in [6.07, 6.45) is 0.368. The number of amidine groups is 1. The first-order chi connectivity index (χ1) is 10.6. The Morgan fingerprint density at radius 1 is 1.18 bits per heavy atom. The second-order valence-corrected chi connectivity index (χ2v) is 5.88. The van der Waals surface area contributed by atoms with Gasteiger partial charge >= 0.3 is 0 Å². The number of rotatable bonds is 1. The third-order valence-electron chi connectivity index (χ3n) is 4.39. The summed E-state index contributed by atoms with van der Waals surface area (Å²) in [5.41, 5.74) is 1.64. The first-order valence-electron chi connectivity index (χ1n) is 7.39. The minimum Gasteiger partial charge on any atom is -0.374 e. The lowest BCUT2D eigenvalue weighted by atomic mass is 9.87. The van der Waals surface area contributed by atoms with E-state index in [0.29, 0.717) is 30.1 Å². The van der Waals surface area contributed by atoms with Gasteiger partial charge in [-0.05, 0) is 36.8 Å². The number of fused-ring (bicyclic) bond motifs is 2. The smallest absolute Gasteiger partial charge is 0.204 e. The van der Waals surface area contributed by atoms with Gasteiger partial charge in [0.05, 0.1) is 5.69 Å². The van der Waals surface area contributed by atoms with Gasteiger partial charge in [-0.2, -0.15) is 0 Å². The number of hydrogen-bond donors (Lipinski definition) is 1. The number of benzene rings is 2. The molecule has 22 heavy (non-hydrogen) atoms. The summed E-state index contributed by atoms with van der Waals surface area (Å²) >= 11 is 0. The van der Waals surface area contributed by atoms with E-state index in [9.17, 15) is 9.90 Å². The second kappa shape index (κ2) is 4.52. The highest BCUT2D eigenvalue weighted by molar-refractivity contribution is 6.28. The van der Waals surface area contributed by atoms with Gasteiger partial charge in [0, 0.05) is 24.2 Å². The van der Waals surface area contributed by atoms with Gasteiger partial charge in [-0.25, -0.2) is 4.99 Å². The van der Waals surface area contributed by atoms with Crippen molar-refractivity contribution in [2.45, 2.75) is 18.9 Å². The normalized spacial score (nSPS) is 23.1. The summed E-state index contributed by atoms with van der Waals surface area (Å²) in [4.78, 5) is 19.3. The van der Waals surface area contributed by atoms with E-state index in [1.807, 2.05) is 54.3 Å². The van der Waals surface area contributed by atoms with Crippen molar-refractivity contribution in [2.75, 3.05) is 11.4 Å². The molecule has 0 bridgehead atoms. The predicted molar refractivity (Wildman–Crippen MR) is 86.0 cm³/mol. The number of nitrogens with zero attached hydrogens (tertiary/aromatic N) is 2. The Hall–Kier alpha value is -2.46. The van der Waals surface area contributed by atoms with E-state index in [0.717, 1.165) is 11.3 Å². The number of Topliss-reactive ketones (excluding diaryl/α,β-unsaturated/α-hetero) is 1. The second-order valence-electron chi connectivity index (χ2n) is 5.88. The molecule has 1 saturated heterocycles. The fraction of sp³-hybridized carbons (Fsp3) is 0.222. The molecule has 1 atom stereocenters. The molecule has 2 heterocycles. The molecule has 0 saturated carbocycles. The molecule has 1 N–H and O–H groups in total. The number of anilines is 1. The van der Waals surface area contributed by atoms with Crippen LogP contribution in [-0.4, -0.2) is 28.9 Å². The fourth-order valence-electron chi connectivity index (χ4n) is 3.20. The Labute approximate surface area is 128 Å². The summed E-state index contributed by atoms with van der Waals surface area (Å²) in [7, 11) is 0. The zero-order valence-corrected chi connectivity index (χ0v) is 12.3. The standard InChI is InChI=1S/C18H16N2O2/c1-12-7-8-14-15(11-12)19-17-18(22,16(14)21)9-10-20(17)13-5-3-2-4-6-13/h2-8,11,22H,9-10H2,1H3. The largest absolute Gasteiger partial charge is 0.374 e. The highest BCUT2D eigenvalue weighted by Crippen LogP contribution is 2.39. The van der Waals surface area contributed by atoms with Crippen molar-refractivity contribution in [2.24, 2.45) is 4.99 Å². The van der Waals surface area contributed by atoms with Crippen LogP contribution in [0.5, 0.6) is 0 Å². The Morgan fingerprint density at radius 3 is 2.73 bits per heavy atom.